The van der Waals surface area contributed by atoms with Gasteiger partial charge in [-0.25, -0.2) is 5.01 Å². The first-order valence-electron chi connectivity index (χ1n) is 9.53. The zero-order valence-corrected chi connectivity index (χ0v) is 16.1. The zero-order valence-electron chi connectivity index (χ0n) is 16.1. The first-order valence-corrected chi connectivity index (χ1v) is 9.53. The van der Waals surface area contributed by atoms with E-state index in [1.54, 1.807) is 7.11 Å². The minimum atomic E-state index is -0.232. The molecule has 1 fully saturated rings. The monoisotopic (exact) mass is 386 g/mol. The van der Waals surface area contributed by atoms with Crippen molar-refractivity contribution in [2.45, 2.75) is 25.7 Å². The Morgan fingerprint density at radius 1 is 1.21 bits per heavy atom. The smallest absolute Gasteiger partial charge is 0.245 e. The summed E-state index contributed by atoms with van der Waals surface area (Å²) < 4.78 is 5.15. The third-order valence-corrected chi connectivity index (χ3v) is 4.84. The number of hydrogen-bond acceptors (Lipinski definition) is 5. The fourth-order valence-corrected chi connectivity index (χ4v) is 3.27. The summed E-state index contributed by atoms with van der Waals surface area (Å²) in [6.07, 6.45) is 4.29. The molecule has 0 aromatic heterocycles. The van der Waals surface area contributed by atoms with E-state index in [0.717, 1.165) is 30.0 Å². The molecule has 0 radical (unpaired) electrons. The fourth-order valence-electron chi connectivity index (χ4n) is 3.27. The number of carbonyl (C=O) groups is 3. The number of nitrogens with zero attached hydrogens (tertiary/aromatic N) is 2. The summed E-state index contributed by atoms with van der Waals surface area (Å²) in [7, 11) is 1.61. The van der Waals surface area contributed by atoms with Gasteiger partial charge in [0.15, 0.2) is 0 Å². The normalized spacial score (nSPS) is 16.7. The van der Waals surface area contributed by atoms with Crippen LogP contribution in [0.2, 0.25) is 0 Å². The second-order valence-corrected chi connectivity index (χ2v) is 6.83. The van der Waals surface area contributed by atoms with Crippen molar-refractivity contribution in [1.29, 1.82) is 0 Å². The highest BCUT2D eigenvalue weighted by Crippen LogP contribution is 2.20. The lowest BCUT2D eigenvalue weighted by atomic mass is 10.1. The second kappa shape index (κ2) is 9.25. The molecule has 8 heteroatoms. The molecule has 1 aromatic carbocycles. The van der Waals surface area contributed by atoms with Gasteiger partial charge < -0.3 is 15.0 Å². The van der Waals surface area contributed by atoms with Gasteiger partial charge in [0.05, 0.1) is 12.8 Å². The Morgan fingerprint density at radius 2 is 2.00 bits per heavy atom. The predicted molar refractivity (Wildman–Crippen MR) is 104 cm³/mol. The zero-order chi connectivity index (χ0) is 19.9. The molecule has 2 N–H and O–H groups in total. The number of hydrazine groups is 1. The standard InChI is InChI=1S/C20H26N4O4/c1-28-16-7-5-15(6-8-16)17-9-10-20(27)24(22-17)14-18(25)21-11-3-13-23-12-2-4-19(23)26/h5-9,22H,2-4,10-14H2,1H3,(H,21,25). The van der Waals surface area contributed by atoms with Crippen LogP contribution in [0, 0.1) is 0 Å². The van der Waals surface area contributed by atoms with E-state index < -0.39 is 0 Å². The Bertz CT molecular complexity index is 760. The van der Waals surface area contributed by atoms with Crippen LogP contribution < -0.4 is 15.5 Å². The number of amides is 3. The molecule has 150 valence electrons. The SMILES string of the molecule is COc1ccc(C2=CCC(=O)N(CC(=O)NCCCN3CCCC3=O)N2)cc1. The number of methoxy groups -OCH3 is 1. The average molecular weight is 386 g/mol. The highest BCUT2D eigenvalue weighted by molar-refractivity contribution is 5.88. The van der Waals surface area contributed by atoms with Gasteiger partial charge in [0, 0.05) is 32.5 Å². The Balaban J connectivity index is 1.45. The molecule has 2 aliphatic rings. The van der Waals surface area contributed by atoms with Crippen LogP contribution in [0.25, 0.3) is 5.70 Å². The van der Waals surface area contributed by atoms with Crippen molar-refractivity contribution in [1.82, 2.24) is 20.7 Å². The van der Waals surface area contributed by atoms with Gasteiger partial charge in [-0.05, 0) is 48.7 Å². The van der Waals surface area contributed by atoms with Gasteiger partial charge in [0.2, 0.25) is 17.7 Å². The van der Waals surface area contributed by atoms with E-state index in [4.69, 9.17) is 4.74 Å². The molecule has 3 rings (SSSR count). The Labute approximate surface area is 164 Å². The molecular weight excluding hydrogens is 360 g/mol. The molecule has 1 saturated heterocycles. The van der Waals surface area contributed by atoms with Crippen LogP contribution in [0.1, 0.15) is 31.2 Å². The summed E-state index contributed by atoms with van der Waals surface area (Å²) >= 11 is 0. The third kappa shape index (κ3) is 5.03. The molecule has 0 spiro atoms. The highest BCUT2D eigenvalue weighted by atomic mass is 16.5. The van der Waals surface area contributed by atoms with Gasteiger partial charge in [-0.1, -0.05) is 0 Å². The van der Waals surface area contributed by atoms with Crippen molar-refractivity contribution in [3.8, 4) is 5.75 Å². The lowest BCUT2D eigenvalue weighted by Gasteiger charge is -2.29. The van der Waals surface area contributed by atoms with Gasteiger partial charge in [-0.2, -0.15) is 0 Å². The number of rotatable bonds is 8. The van der Waals surface area contributed by atoms with Crippen molar-refractivity contribution in [2.24, 2.45) is 0 Å². The van der Waals surface area contributed by atoms with Crippen molar-refractivity contribution >= 4 is 23.4 Å². The molecule has 0 unspecified atom stereocenters. The van der Waals surface area contributed by atoms with Crippen LogP contribution in [-0.4, -0.2) is 60.9 Å². The van der Waals surface area contributed by atoms with E-state index >= 15 is 0 Å². The maximum Gasteiger partial charge on any atom is 0.245 e. The average Bonchev–Trinajstić information content (AvgIpc) is 3.12. The molecule has 0 saturated carbocycles. The van der Waals surface area contributed by atoms with Gasteiger partial charge in [-0.3, -0.25) is 19.8 Å². The quantitative estimate of drug-likeness (QED) is 0.648. The minimum absolute atomic E-state index is 0.0605. The van der Waals surface area contributed by atoms with E-state index in [1.807, 2.05) is 35.2 Å². The van der Waals surface area contributed by atoms with E-state index in [2.05, 4.69) is 10.7 Å². The fraction of sp³-hybridized carbons (Fsp3) is 0.450. The number of nitrogens with one attached hydrogen (secondary N) is 2. The van der Waals surface area contributed by atoms with Gasteiger partial charge >= 0.3 is 0 Å². The number of carbonyl (C=O) groups excluding carboxylic acids is 3. The number of hydrogen-bond donors (Lipinski definition) is 2. The van der Waals surface area contributed by atoms with Gasteiger partial charge in [0.1, 0.15) is 12.3 Å². The number of likely N-dealkylation sites (tertiary alicyclic amines) is 1. The molecule has 2 aliphatic heterocycles. The minimum Gasteiger partial charge on any atom is -0.497 e. The summed E-state index contributed by atoms with van der Waals surface area (Å²) in [6, 6.07) is 7.48. The van der Waals surface area contributed by atoms with Crippen LogP contribution in [0.15, 0.2) is 30.3 Å². The van der Waals surface area contributed by atoms with E-state index in [9.17, 15) is 14.4 Å². The lowest BCUT2D eigenvalue weighted by Crippen LogP contribution is -2.49. The lowest BCUT2D eigenvalue weighted by molar-refractivity contribution is -0.137. The van der Waals surface area contributed by atoms with Crippen LogP contribution in [0.5, 0.6) is 5.75 Å². The van der Waals surface area contributed by atoms with Crippen LogP contribution >= 0.6 is 0 Å². The van der Waals surface area contributed by atoms with Crippen LogP contribution in [-0.2, 0) is 14.4 Å². The van der Waals surface area contributed by atoms with Crippen LogP contribution in [0.3, 0.4) is 0 Å². The second-order valence-electron chi connectivity index (χ2n) is 6.83. The molecule has 8 nitrogen and oxygen atoms in total. The predicted octanol–water partition coefficient (Wildman–Crippen LogP) is 0.902. The topological polar surface area (TPSA) is 91.0 Å². The Kier molecular flexibility index (Phi) is 6.52. The van der Waals surface area contributed by atoms with Gasteiger partial charge in [-0.15, -0.1) is 0 Å². The maximum absolute atomic E-state index is 12.2. The third-order valence-electron chi connectivity index (χ3n) is 4.84. The molecule has 0 bridgehead atoms. The summed E-state index contributed by atoms with van der Waals surface area (Å²) in [5, 5.41) is 4.14. The Hall–Kier alpha value is -3.03. The summed E-state index contributed by atoms with van der Waals surface area (Å²) in [4.78, 5) is 37.7. The van der Waals surface area contributed by atoms with Crippen molar-refractivity contribution < 1.29 is 19.1 Å². The highest BCUT2D eigenvalue weighted by Gasteiger charge is 2.22. The molecule has 3 amide bonds. The maximum atomic E-state index is 12.2. The van der Waals surface area contributed by atoms with Crippen molar-refractivity contribution in [2.75, 3.05) is 33.3 Å². The van der Waals surface area contributed by atoms with Crippen LogP contribution in [0.4, 0.5) is 0 Å². The van der Waals surface area contributed by atoms with Crippen molar-refractivity contribution in [3.05, 3.63) is 35.9 Å². The molecule has 1 aromatic rings. The summed E-state index contributed by atoms with van der Waals surface area (Å²) in [5.41, 5.74) is 4.71. The van der Waals surface area contributed by atoms with Gasteiger partial charge in [0.25, 0.3) is 0 Å². The van der Waals surface area contributed by atoms with E-state index in [0.29, 0.717) is 25.9 Å². The number of benzene rings is 1. The van der Waals surface area contributed by atoms with E-state index in [1.165, 1.54) is 5.01 Å². The number of ether oxygens (including phenoxy) is 1. The molecular formula is C20H26N4O4. The largest absolute Gasteiger partial charge is 0.497 e. The summed E-state index contributed by atoms with van der Waals surface area (Å²) in [5.74, 6) is 0.551. The molecule has 0 aliphatic carbocycles. The Morgan fingerprint density at radius 3 is 2.68 bits per heavy atom. The molecule has 0 atom stereocenters. The summed E-state index contributed by atoms with van der Waals surface area (Å²) in [6.45, 7) is 1.88. The molecule has 28 heavy (non-hydrogen) atoms. The first kappa shape index (κ1) is 19.7. The molecule has 2 heterocycles. The first-order chi connectivity index (χ1) is 13.6. The van der Waals surface area contributed by atoms with E-state index in [-0.39, 0.29) is 30.7 Å². The van der Waals surface area contributed by atoms with Crippen molar-refractivity contribution in [3.63, 3.8) is 0 Å².